The Labute approximate surface area is 86.1 Å². The molecule has 3 N–H and O–H groups in total. The van der Waals surface area contributed by atoms with Crippen LogP contribution in [0.3, 0.4) is 0 Å². The summed E-state index contributed by atoms with van der Waals surface area (Å²) in [5.41, 5.74) is 0. The second kappa shape index (κ2) is 5.25. The van der Waals surface area contributed by atoms with Crippen LogP contribution in [-0.2, 0) is 20.0 Å². The zero-order valence-corrected chi connectivity index (χ0v) is 9.95. The number of rotatable bonds is 6. The summed E-state index contributed by atoms with van der Waals surface area (Å²) >= 11 is 2.77. The largest absolute Gasteiger partial charge is 0.229 e. The van der Waals surface area contributed by atoms with Crippen molar-refractivity contribution in [3.8, 4) is 0 Å². The third-order valence-corrected chi connectivity index (χ3v) is 4.67. The molecule has 0 aromatic carbocycles. The minimum Gasteiger partial charge on any atom is -0.229 e. The highest BCUT2D eigenvalue weighted by atomic mass is 79.9. The van der Waals surface area contributed by atoms with Gasteiger partial charge in [0.05, 0.1) is 5.75 Å². The Kier molecular flexibility index (Phi) is 5.37. The van der Waals surface area contributed by atoms with Crippen LogP contribution >= 0.6 is 15.9 Å². The summed E-state index contributed by atoms with van der Waals surface area (Å²) in [5, 5.41) is 4.70. The zero-order valence-electron chi connectivity index (χ0n) is 6.73. The fraction of sp³-hybridized carbons (Fsp3) is 1.00. The highest BCUT2D eigenvalue weighted by Crippen LogP contribution is 1.91. The van der Waals surface area contributed by atoms with Crippen molar-refractivity contribution in [3.63, 3.8) is 0 Å². The van der Waals surface area contributed by atoms with Crippen LogP contribution in [0.4, 0.5) is 0 Å². The molecule has 0 atom stereocenters. The SMILES string of the molecule is NS(=O)(=O)CCCNS(=O)(=O)CBr. The van der Waals surface area contributed by atoms with Crippen molar-refractivity contribution in [3.05, 3.63) is 0 Å². The first kappa shape index (κ1) is 13.3. The minimum atomic E-state index is -3.50. The molecule has 0 aromatic heterocycles. The highest BCUT2D eigenvalue weighted by molar-refractivity contribution is 9.10. The van der Waals surface area contributed by atoms with Gasteiger partial charge in [-0.15, -0.1) is 0 Å². The summed E-state index contributed by atoms with van der Waals surface area (Å²) in [5.74, 6) is -0.224. The van der Waals surface area contributed by atoms with Crippen molar-refractivity contribution >= 4 is 36.0 Å². The molecule has 0 aliphatic carbocycles. The zero-order chi connectivity index (χ0) is 10.5. The minimum absolute atomic E-state index is 0.0738. The van der Waals surface area contributed by atoms with Crippen LogP contribution in [0.15, 0.2) is 0 Å². The first-order chi connectivity index (χ1) is 5.77. The molecule has 0 unspecified atom stereocenters. The summed E-state index contributed by atoms with van der Waals surface area (Å²) < 4.78 is 44.4. The second-order valence-corrected chi connectivity index (χ2v) is 7.18. The van der Waals surface area contributed by atoms with E-state index < -0.39 is 20.0 Å². The Bertz CT molecular complexity index is 335. The standard InChI is InChI=1S/C4H11BrN2O4S2/c5-4-13(10,11)7-2-1-3-12(6,8)9/h7H,1-4H2,(H2,6,8,9). The van der Waals surface area contributed by atoms with Gasteiger partial charge in [0, 0.05) is 6.54 Å². The van der Waals surface area contributed by atoms with Gasteiger partial charge in [0.1, 0.15) is 4.66 Å². The number of hydrogen-bond acceptors (Lipinski definition) is 4. The number of nitrogens with two attached hydrogens (primary N) is 1. The van der Waals surface area contributed by atoms with Crippen LogP contribution in [0.5, 0.6) is 0 Å². The van der Waals surface area contributed by atoms with Gasteiger partial charge in [-0.2, -0.15) is 0 Å². The first-order valence-electron chi connectivity index (χ1n) is 3.30. The number of sulfonamides is 2. The molecular weight excluding hydrogens is 284 g/mol. The quantitative estimate of drug-likeness (QED) is 0.481. The molecule has 9 heteroatoms. The number of primary sulfonamides is 1. The molecule has 0 aliphatic heterocycles. The van der Waals surface area contributed by atoms with Gasteiger partial charge in [0.25, 0.3) is 0 Å². The summed E-state index contributed by atoms with van der Waals surface area (Å²) in [7, 11) is -6.80. The van der Waals surface area contributed by atoms with Crippen LogP contribution in [0.2, 0.25) is 0 Å². The fourth-order valence-corrected chi connectivity index (χ4v) is 2.10. The predicted octanol–water partition coefficient (Wildman–Crippen LogP) is -1.06. The first-order valence-corrected chi connectivity index (χ1v) is 7.79. The van der Waals surface area contributed by atoms with E-state index in [2.05, 4.69) is 20.7 Å². The van der Waals surface area contributed by atoms with Crippen LogP contribution in [0, 0.1) is 0 Å². The maximum Gasteiger partial charge on any atom is 0.221 e. The van der Waals surface area contributed by atoms with Crippen molar-refractivity contribution in [1.82, 2.24) is 4.72 Å². The van der Waals surface area contributed by atoms with Crippen LogP contribution < -0.4 is 9.86 Å². The van der Waals surface area contributed by atoms with Crippen LogP contribution in [0.25, 0.3) is 0 Å². The summed E-state index contributed by atoms with van der Waals surface area (Å²) in [4.78, 5) is 0. The molecule has 0 aliphatic rings. The molecular formula is C4H11BrN2O4S2. The molecule has 0 saturated carbocycles. The van der Waals surface area contributed by atoms with E-state index in [1.807, 2.05) is 0 Å². The van der Waals surface area contributed by atoms with E-state index in [9.17, 15) is 16.8 Å². The lowest BCUT2D eigenvalue weighted by Gasteiger charge is -2.02. The molecule has 0 amide bonds. The monoisotopic (exact) mass is 294 g/mol. The summed E-state index contributed by atoms with van der Waals surface area (Å²) in [6.07, 6.45) is 0.172. The lowest BCUT2D eigenvalue weighted by Crippen LogP contribution is -2.27. The van der Waals surface area contributed by atoms with Crippen LogP contribution in [-0.4, -0.2) is 33.8 Å². The van der Waals surface area contributed by atoms with Gasteiger partial charge in [0.15, 0.2) is 0 Å². The van der Waals surface area contributed by atoms with E-state index in [0.717, 1.165) is 0 Å². The van der Waals surface area contributed by atoms with Gasteiger partial charge in [-0.3, -0.25) is 0 Å². The summed E-state index contributed by atoms with van der Waals surface area (Å²) in [6, 6.07) is 0. The maximum absolute atomic E-state index is 10.8. The third-order valence-electron chi connectivity index (χ3n) is 1.07. The Morgan fingerprint density at radius 2 is 1.77 bits per heavy atom. The Balaban J connectivity index is 3.71. The molecule has 0 saturated heterocycles. The predicted molar refractivity (Wildman–Crippen MR) is 53.3 cm³/mol. The average Bonchev–Trinajstić information content (AvgIpc) is 1.97. The molecule has 0 radical (unpaired) electrons. The van der Waals surface area contributed by atoms with Gasteiger partial charge in [-0.1, -0.05) is 15.9 Å². The number of halogens is 1. The highest BCUT2D eigenvalue weighted by Gasteiger charge is 2.07. The van der Waals surface area contributed by atoms with Crippen molar-refractivity contribution in [2.75, 3.05) is 17.0 Å². The van der Waals surface area contributed by atoms with Gasteiger partial charge in [-0.25, -0.2) is 26.7 Å². The number of hydrogen-bond donors (Lipinski definition) is 2. The van der Waals surface area contributed by atoms with Gasteiger partial charge >= 0.3 is 0 Å². The van der Waals surface area contributed by atoms with Crippen molar-refractivity contribution in [2.45, 2.75) is 6.42 Å². The van der Waals surface area contributed by atoms with E-state index in [0.29, 0.717) is 0 Å². The van der Waals surface area contributed by atoms with Gasteiger partial charge < -0.3 is 0 Å². The Morgan fingerprint density at radius 3 is 2.15 bits per heavy atom. The topological polar surface area (TPSA) is 106 Å². The van der Waals surface area contributed by atoms with Gasteiger partial charge in [0.2, 0.25) is 20.0 Å². The smallest absolute Gasteiger partial charge is 0.221 e. The Hall–Kier alpha value is 0.300. The normalized spacial score (nSPS) is 13.1. The molecule has 0 aromatic rings. The van der Waals surface area contributed by atoms with E-state index in [1.165, 1.54) is 0 Å². The molecule has 13 heavy (non-hydrogen) atoms. The molecule has 80 valence electrons. The number of alkyl halides is 1. The second-order valence-electron chi connectivity index (χ2n) is 2.34. The van der Waals surface area contributed by atoms with Crippen molar-refractivity contribution in [1.29, 1.82) is 0 Å². The van der Waals surface area contributed by atoms with E-state index in [4.69, 9.17) is 5.14 Å². The molecule has 0 bridgehead atoms. The summed E-state index contributed by atoms with van der Waals surface area (Å²) in [6.45, 7) is 0.0738. The van der Waals surface area contributed by atoms with Crippen molar-refractivity contribution < 1.29 is 16.8 Å². The fourth-order valence-electron chi connectivity index (χ4n) is 0.540. The molecule has 0 fully saturated rings. The number of nitrogens with one attached hydrogen (secondary N) is 1. The lowest BCUT2D eigenvalue weighted by atomic mass is 10.5. The van der Waals surface area contributed by atoms with Gasteiger partial charge in [-0.05, 0) is 6.42 Å². The van der Waals surface area contributed by atoms with E-state index >= 15 is 0 Å². The average molecular weight is 295 g/mol. The van der Waals surface area contributed by atoms with Crippen molar-refractivity contribution in [2.24, 2.45) is 5.14 Å². The molecule has 0 heterocycles. The molecule has 0 rings (SSSR count). The third kappa shape index (κ3) is 8.63. The van der Waals surface area contributed by atoms with Crippen LogP contribution in [0.1, 0.15) is 6.42 Å². The van der Waals surface area contributed by atoms with E-state index in [-0.39, 0.29) is 23.4 Å². The maximum atomic E-state index is 10.8. The lowest BCUT2D eigenvalue weighted by molar-refractivity contribution is 0.580. The molecule has 0 spiro atoms. The molecule has 6 nitrogen and oxygen atoms in total. The van der Waals surface area contributed by atoms with E-state index in [1.54, 1.807) is 0 Å². The Morgan fingerprint density at radius 1 is 1.23 bits per heavy atom.